The summed E-state index contributed by atoms with van der Waals surface area (Å²) >= 11 is 0. The van der Waals surface area contributed by atoms with E-state index < -0.39 is 18.1 Å². The summed E-state index contributed by atoms with van der Waals surface area (Å²) in [6.45, 7) is 1.38. The van der Waals surface area contributed by atoms with E-state index in [1.807, 2.05) is 0 Å². The SMILES string of the molecule is CCC(=O)N(C(=O)O)C(=O)O. The van der Waals surface area contributed by atoms with E-state index in [-0.39, 0.29) is 11.3 Å². The highest BCUT2D eigenvalue weighted by molar-refractivity contribution is 6.05. The van der Waals surface area contributed by atoms with Crippen LogP contribution in [0.5, 0.6) is 0 Å². The topological polar surface area (TPSA) is 94.9 Å². The molecule has 0 heterocycles. The lowest BCUT2D eigenvalue weighted by molar-refractivity contribution is -0.126. The van der Waals surface area contributed by atoms with Crippen molar-refractivity contribution in [3.05, 3.63) is 0 Å². The van der Waals surface area contributed by atoms with Crippen LogP contribution >= 0.6 is 0 Å². The minimum atomic E-state index is -1.77. The maximum Gasteiger partial charge on any atom is 0.423 e. The second-order valence-electron chi connectivity index (χ2n) is 1.65. The van der Waals surface area contributed by atoms with E-state index in [4.69, 9.17) is 10.2 Å². The first-order valence-corrected chi connectivity index (χ1v) is 2.79. The third kappa shape index (κ3) is 2.24. The zero-order valence-electron chi connectivity index (χ0n) is 5.77. The summed E-state index contributed by atoms with van der Waals surface area (Å²) in [6.07, 6.45) is -3.70. The molecule has 0 atom stereocenters. The maximum atomic E-state index is 10.6. The van der Waals surface area contributed by atoms with Crippen LogP contribution in [0.1, 0.15) is 13.3 Å². The van der Waals surface area contributed by atoms with Gasteiger partial charge in [0.1, 0.15) is 0 Å². The molecule has 0 aliphatic heterocycles. The van der Waals surface area contributed by atoms with Gasteiger partial charge in [-0.15, -0.1) is 4.90 Å². The maximum absolute atomic E-state index is 10.6. The van der Waals surface area contributed by atoms with E-state index in [0.717, 1.165) is 0 Å². The number of carbonyl (C=O) groups is 3. The Morgan fingerprint density at radius 3 is 1.64 bits per heavy atom. The summed E-state index contributed by atoms with van der Waals surface area (Å²) in [5.74, 6) is -0.954. The third-order valence-corrected chi connectivity index (χ3v) is 0.934. The smallest absolute Gasteiger partial charge is 0.423 e. The van der Waals surface area contributed by atoms with Gasteiger partial charge in [-0.25, -0.2) is 9.59 Å². The van der Waals surface area contributed by atoms with Crippen molar-refractivity contribution in [1.82, 2.24) is 4.90 Å². The molecule has 2 N–H and O–H groups in total. The molecule has 62 valence electrons. The summed E-state index contributed by atoms with van der Waals surface area (Å²) in [5.41, 5.74) is 0. The molecule has 0 aromatic rings. The second kappa shape index (κ2) is 3.55. The zero-order chi connectivity index (χ0) is 9.02. The predicted molar refractivity (Wildman–Crippen MR) is 33.2 cm³/mol. The molecule has 0 aromatic heterocycles. The van der Waals surface area contributed by atoms with Gasteiger partial charge in [0.05, 0.1) is 0 Å². The van der Waals surface area contributed by atoms with E-state index in [1.165, 1.54) is 6.92 Å². The molecule has 6 heteroatoms. The van der Waals surface area contributed by atoms with Crippen LogP contribution in [0.4, 0.5) is 9.59 Å². The fourth-order valence-corrected chi connectivity index (χ4v) is 0.453. The number of imide groups is 3. The van der Waals surface area contributed by atoms with E-state index in [1.54, 1.807) is 0 Å². The van der Waals surface area contributed by atoms with Gasteiger partial charge in [0.2, 0.25) is 5.91 Å². The van der Waals surface area contributed by atoms with Crippen molar-refractivity contribution in [3.8, 4) is 0 Å². The Balaban J connectivity index is 4.47. The lowest BCUT2D eigenvalue weighted by atomic mass is 10.4. The Morgan fingerprint density at radius 1 is 1.18 bits per heavy atom. The predicted octanol–water partition coefficient (Wildman–Crippen LogP) is 0.581. The highest BCUT2D eigenvalue weighted by atomic mass is 16.4. The van der Waals surface area contributed by atoms with Gasteiger partial charge in [-0.05, 0) is 0 Å². The van der Waals surface area contributed by atoms with Crippen molar-refractivity contribution in [2.45, 2.75) is 13.3 Å². The number of amides is 3. The normalized spacial score (nSPS) is 8.82. The number of hydrogen-bond donors (Lipinski definition) is 2. The fourth-order valence-electron chi connectivity index (χ4n) is 0.453. The van der Waals surface area contributed by atoms with Crippen LogP contribution in [0.25, 0.3) is 0 Å². The summed E-state index contributed by atoms with van der Waals surface area (Å²) in [5, 5.41) is 16.3. The third-order valence-electron chi connectivity index (χ3n) is 0.934. The van der Waals surface area contributed by atoms with Crippen LogP contribution in [0.3, 0.4) is 0 Å². The van der Waals surface area contributed by atoms with Gasteiger partial charge < -0.3 is 10.2 Å². The first-order chi connectivity index (χ1) is 5.00. The van der Waals surface area contributed by atoms with Crippen molar-refractivity contribution in [2.24, 2.45) is 0 Å². The summed E-state index contributed by atoms with van der Waals surface area (Å²) < 4.78 is 0. The standard InChI is InChI=1S/C5H7NO5/c1-2-3(7)6(4(8)9)5(10)11/h2H2,1H3,(H,8,9)(H,10,11). The van der Waals surface area contributed by atoms with Crippen LogP contribution in [0.15, 0.2) is 0 Å². The fraction of sp³-hybridized carbons (Fsp3) is 0.400. The molecule has 3 amide bonds. The Hall–Kier alpha value is -1.59. The summed E-state index contributed by atoms with van der Waals surface area (Å²) in [4.78, 5) is 30.4. The van der Waals surface area contributed by atoms with Gasteiger partial charge >= 0.3 is 12.2 Å². The molecule has 6 nitrogen and oxygen atoms in total. The molecule has 0 saturated heterocycles. The van der Waals surface area contributed by atoms with Crippen LogP contribution in [0.2, 0.25) is 0 Å². The molecular formula is C5H7NO5. The molecule has 0 fully saturated rings. The average molecular weight is 161 g/mol. The van der Waals surface area contributed by atoms with E-state index in [2.05, 4.69) is 0 Å². The van der Waals surface area contributed by atoms with Gasteiger partial charge in [-0.3, -0.25) is 4.79 Å². The Morgan fingerprint density at radius 2 is 1.55 bits per heavy atom. The lowest BCUT2D eigenvalue weighted by Crippen LogP contribution is -2.39. The summed E-state index contributed by atoms with van der Waals surface area (Å²) in [6, 6.07) is 0. The molecule has 0 aromatic carbocycles. The highest BCUT2D eigenvalue weighted by Crippen LogP contribution is 1.94. The van der Waals surface area contributed by atoms with Crippen LogP contribution in [-0.4, -0.2) is 33.2 Å². The molecule has 11 heavy (non-hydrogen) atoms. The van der Waals surface area contributed by atoms with Crippen molar-refractivity contribution >= 4 is 18.1 Å². The molecule has 0 bridgehead atoms. The number of carbonyl (C=O) groups excluding carboxylic acids is 1. The van der Waals surface area contributed by atoms with Crippen LogP contribution in [0, 0.1) is 0 Å². The van der Waals surface area contributed by atoms with Gasteiger partial charge in [-0.2, -0.15) is 0 Å². The Bertz CT molecular complexity index is 185. The van der Waals surface area contributed by atoms with Gasteiger partial charge in [0, 0.05) is 6.42 Å². The lowest BCUT2D eigenvalue weighted by Gasteiger charge is -2.08. The van der Waals surface area contributed by atoms with E-state index >= 15 is 0 Å². The van der Waals surface area contributed by atoms with Gasteiger partial charge in [0.25, 0.3) is 0 Å². The van der Waals surface area contributed by atoms with Crippen molar-refractivity contribution in [1.29, 1.82) is 0 Å². The van der Waals surface area contributed by atoms with Gasteiger partial charge in [0.15, 0.2) is 0 Å². The van der Waals surface area contributed by atoms with Crippen molar-refractivity contribution in [3.63, 3.8) is 0 Å². The molecule has 0 saturated carbocycles. The highest BCUT2D eigenvalue weighted by Gasteiger charge is 2.25. The molecule has 0 radical (unpaired) electrons. The number of rotatable bonds is 1. The van der Waals surface area contributed by atoms with Gasteiger partial charge in [-0.1, -0.05) is 6.92 Å². The van der Waals surface area contributed by atoms with Crippen LogP contribution < -0.4 is 0 Å². The molecule has 0 aliphatic carbocycles. The first kappa shape index (κ1) is 9.41. The Kier molecular flexibility index (Phi) is 3.03. The summed E-state index contributed by atoms with van der Waals surface area (Å²) in [7, 11) is 0. The zero-order valence-corrected chi connectivity index (χ0v) is 5.77. The van der Waals surface area contributed by atoms with Crippen molar-refractivity contribution in [2.75, 3.05) is 0 Å². The number of nitrogens with zero attached hydrogens (tertiary/aromatic N) is 1. The van der Waals surface area contributed by atoms with Crippen molar-refractivity contribution < 1.29 is 24.6 Å². The van der Waals surface area contributed by atoms with E-state index in [0.29, 0.717) is 0 Å². The second-order valence-corrected chi connectivity index (χ2v) is 1.65. The minimum absolute atomic E-state index is 0.154. The average Bonchev–Trinajstić information content (AvgIpc) is 1.85. The largest absolute Gasteiger partial charge is 0.464 e. The van der Waals surface area contributed by atoms with Crippen LogP contribution in [-0.2, 0) is 4.79 Å². The molecule has 0 aliphatic rings. The quantitative estimate of drug-likeness (QED) is 0.586. The molecule has 0 spiro atoms. The molecule has 0 unspecified atom stereocenters. The number of carboxylic acid groups (broad SMARTS) is 2. The minimum Gasteiger partial charge on any atom is -0.464 e. The van der Waals surface area contributed by atoms with E-state index in [9.17, 15) is 14.4 Å². The number of hydrogen-bond acceptors (Lipinski definition) is 3. The first-order valence-electron chi connectivity index (χ1n) is 2.79. The molecule has 0 rings (SSSR count). The monoisotopic (exact) mass is 161 g/mol. The molecular weight excluding hydrogens is 154 g/mol. The Labute approximate surface area is 62.0 Å².